The van der Waals surface area contributed by atoms with Crippen molar-refractivity contribution in [3.63, 3.8) is 0 Å². The normalized spacial score (nSPS) is 11.6. The Morgan fingerprint density at radius 2 is 2.10 bits per heavy atom. The number of terminal acetylenes is 1. The predicted molar refractivity (Wildman–Crippen MR) is 44.6 cm³/mol. The van der Waals surface area contributed by atoms with Crippen LogP contribution in [0.4, 0.5) is 0 Å². The van der Waals surface area contributed by atoms with Crippen molar-refractivity contribution >= 4 is 0 Å². The van der Waals surface area contributed by atoms with E-state index in [9.17, 15) is 0 Å². The van der Waals surface area contributed by atoms with Crippen molar-refractivity contribution in [3.8, 4) is 12.3 Å². The average molecular weight is 140 g/mol. The summed E-state index contributed by atoms with van der Waals surface area (Å²) in [5, 5.41) is 0. The lowest BCUT2D eigenvalue weighted by Gasteiger charge is -2.32. The second-order valence-electron chi connectivity index (χ2n) is 3.08. The monoisotopic (exact) mass is 140 g/mol. The molecule has 0 aromatic heterocycles. The summed E-state index contributed by atoms with van der Waals surface area (Å²) in [5.74, 6) is 2.58. The van der Waals surface area contributed by atoms with E-state index < -0.39 is 0 Å². The van der Waals surface area contributed by atoms with Crippen molar-refractivity contribution < 1.29 is 0 Å². The molecular formula is C8H16N2. The standard InChI is InChI=1S/C8H16N2/c1-5-6-10(4)8(2,3)7-9/h1H,6-7,9H2,2-4H3. The topological polar surface area (TPSA) is 29.3 Å². The van der Waals surface area contributed by atoms with Gasteiger partial charge in [-0.2, -0.15) is 0 Å². The first-order chi connectivity index (χ1) is 4.54. The van der Waals surface area contributed by atoms with Crippen molar-refractivity contribution in [2.45, 2.75) is 19.4 Å². The molecule has 0 fully saturated rings. The molecule has 0 spiro atoms. The second kappa shape index (κ2) is 3.60. The molecule has 0 radical (unpaired) electrons. The average Bonchev–Trinajstić information content (AvgIpc) is 1.89. The molecule has 0 bridgehead atoms. The van der Waals surface area contributed by atoms with Crippen LogP contribution in [0.15, 0.2) is 0 Å². The lowest BCUT2D eigenvalue weighted by molar-refractivity contribution is 0.185. The largest absolute Gasteiger partial charge is 0.329 e. The SMILES string of the molecule is C#CCN(C)C(C)(C)CN. The fraction of sp³-hybridized carbons (Fsp3) is 0.750. The number of rotatable bonds is 3. The van der Waals surface area contributed by atoms with Crippen LogP contribution in [-0.2, 0) is 0 Å². The summed E-state index contributed by atoms with van der Waals surface area (Å²) in [7, 11) is 1.98. The quantitative estimate of drug-likeness (QED) is 0.571. The Hall–Kier alpha value is -0.520. The van der Waals surface area contributed by atoms with Gasteiger partial charge in [0.15, 0.2) is 0 Å². The van der Waals surface area contributed by atoms with Crippen LogP contribution in [0.1, 0.15) is 13.8 Å². The van der Waals surface area contributed by atoms with Gasteiger partial charge in [-0.25, -0.2) is 0 Å². The highest BCUT2D eigenvalue weighted by Crippen LogP contribution is 2.08. The van der Waals surface area contributed by atoms with Gasteiger partial charge in [-0.3, -0.25) is 4.90 Å². The molecule has 2 N–H and O–H groups in total. The number of hydrogen-bond acceptors (Lipinski definition) is 2. The first-order valence-electron chi connectivity index (χ1n) is 3.39. The molecule has 0 atom stereocenters. The molecule has 0 aromatic carbocycles. The summed E-state index contributed by atoms with van der Waals surface area (Å²) in [6.07, 6.45) is 5.15. The fourth-order valence-electron chi connectivity index (χ4n) is 0.507. The Morgan fingerprint density at radius 3 is 2.40 bits per heavy atom. The Morgan fingerprint density at radius 1 is 1.60 bits per heavy atom. The highest BCUT2D eigenvalue weighted by molar-refractivity contribution is 4.92. The Bertz CT molecular complexity index is 133. The highest BCUT2D eigenvalue weighted by atomic mass is 15.2. The maximum Gasteiger partial charge on any atom is 0.0601 e. The van der Waals surface area contributed by atoms with E-state index in [1.807, 2.05) is 7.05 Å². The molecule has 58 valence electrons. The molecule has 0 rings (SSSR count). The van der Waals surface area contributed by atoms with E-state index in [-0.39, 0.29) is 5.54 Å². The van der Waals surface area contributed by atoms with Gasteiger partial charge in [0.05, 0.1) is 6.54 Å². The number of nitrogens with two attached hydrogens (primary N) is 1. The zero-order valence-electron chi connectivity index (χ0n) is 7.02. The number of likely N-dealkylation sites (N-methyl/N-ethyl adjacent to an activating group) is 1. The van der Waals surface area contributed by atoms with Gasteiger partial charge in [0.25, 0.3) is 0 Å². The smallest absolute Gasteiger partial charge is 0.0601 e. The molecule has 10 heavy (non-hydrogen) atoms. The molecule has 2 heteroatoms. The summed E-state index contributed by atoms with van der Waals surface area (Å²) in [4.78, 5) is 2.06. The molecule has 0 saturated heterocycles. The molecule has 0 aromatic rings. The number of nitrogens with zero attached hydrogens (tertiary/aromatic N) is 1. The van der Waals surface area contributed by atoms with Crippen LogP contribution in [0.5, 0.6) is 0 Å². The van der Waals surface area contributed by atoms with Gasteiger partial charge in [0.2, 0.25) is 0 Å². The van der Waals surface area contributed by atoms with Crippen LogP contribution < -0.4 is 5.73 Å². The molecule has 0 unspecified atom stereocenters. The van der Waals surface area contributed by atoms with Crippen molar-refractivity contribution in [2.75, 3.05) is 20.1 Å². The molecule has 2 nitrogen and oxygen atoms in total. The zero-order chi connectivity index (χ0) is 8.20. The summed E-state index contributed by atoms with van der Waals surface area (Å²) < 4.78 is 0. The van der Waals surface area contributed by atoms with E-state index in [0.717, 1.165) is 0 Å². The summed E-state index contributed by atoms with van der Waals surface area (Å²) in [6.45, 7) is 5.43. The third-order valence-corrected chi connectivity index (χ3v) is 1.86. The molecule has 0 heterocycles. The maximum absolute atomic E-state index is 5.53. The van der Waals surface area contributed by atoms with Crippen LogP contribution in [0, 0.1) is 12.3 Å². The van der Waals surface area contributed by atoms with E-state index in [1.165, 1.54) is 0 Å². The minimum Gasteiger partial charge on any atom is -0.329 e. The van der Waals surface area contributed by atoms with Gasteiger partial charge in [0.1, 0.15) is 0 Å². The third kappa shape index (κ3) is 2.38. The van der Waals surface area contributed by atoms with E-state index in [0.29, 0.717) is 13.1 Å². The van der Waals surface area contributed by atoms with E-state index in [2.05, 4.69) is 24.7 Å². The van der Waals surface area contributed by atoms with Gasteiger partial charge in [-0.15, -0.1) is 6.42 Å². The lowest BCUT2D eigenvalue weighted by Crippen LogP contribution is -2.47. The fourth-order valence-corrected chi connectivity index (χ4v) is 0.507. The van der Waals surface area contributed by atoms with E-state index in [1.54, 1.807) is 0 Å². The van der Waals surface area contributed by atoms with Crippen molar-refractivity contribution in [1.29, 1.82) is 0 Å². The lowest BCUT2D eigenvalue weighted by atomic mass is 10.0. The van der Waals surface area contributed by atoms with Crippen LogP contribution in [0.3, 0.4) is 0 Å². The van der Waals surface area contributed by atoms with Crippen LogP contribution in [0.2, 0.25) is 0 Å². The molecule has 0 amide bonds. The Balaban J connectivity index is 3.93. The minimum absolute atomic E-state index is 0.0202. The van der Waals surface area contributed by atoms with Gasteiger partial charge in [0, 0.05) is 12.1 Å². The van der Waals surface area contributed by atoms with Crippen molar-refractivity contribution in [1.82, 2.24) is 4.90 Å². The molecule has 0 saturated carbocycles. The van der Waals surface area contributed by atoms with Crippen LogP contribution in [-0.4, -0.2) is 30.6 Å². The van der Waals surface area contributed by atoms with Gasteiger partial charge in [-0.05, 0) is 20.9 Å². The molecular weight excluding hydrogens is 124 g/mol. The number of hydrogen-bond donors (Lipinski definition) is 1. The zero-order valence-corrected chi connectivity index (χ0v) is 7.02. The minimum atomic E-state index is 0.0202. The first-order valence-corrected chi connectivity index (χ1v) is 3.39. The molecule has 0 aliphatic rings. The Kier molecular flexibility index (Phi) is 3.41. The third-order valence-electron chi connectivity index (χ3n) is 1.86. The summed E-state index contributed by atoms with van der Waals surface area (Å²) >= 11 is 0. The maximum atomic E-state index is 5.53. The van der Waals surface area contributed by atoms with Crippen LogP contribution in [0.25, 0.3) is 0 Å². The van der Waals surface area contributed by atoms with Gasteiger partial charge < -0.3 is 5.73 Å². The Labute approximate surface area is 63.4 Å². The van der Waals surface area contributed by atoms with E-state index >= 15 is 0 Å². The summed E-state index contributed by atoms with van der Waals surface area (Å²) in [6, 6.07) is 0. The van der Waals surface area contributed by atoms with Crippen molar-refractivity contribution in [2.24, 2.45) is 5.73 Å². The molecule has 0 aliphatic heterocycles. The predicted octanol–water partition coefficient (Wildman–Crippen LogP) is 0.289. The van der Waals surface area contributed by atoms with Crippen molar-refractivity contribution in [3.05, 3.63) is 0 Å². The first kappa shape index (κ1) is 9.48. The highest BCUT2D eigenvalue weighted by Gasteiger charge is 2.19. The summed E-state index contributed by atoms with van der Waals surface area (Å²) in [5.41, 5.74) is 5.55. The van der Waals surface area contributed by atoms with E-state index in [4.69, 9.17) is 12.2 Å². The molecule has 0 aliphatic carbocycles. The second-order valence-corrected chi connectivity index (χ2v) is 3.08. The van der Waals surface area contributed by atoms with Gasteiger partial charge >= 0.3 is 0 Å². The van der Waals surface area contributed by atoms with Crippen LogP contribution >= 0.6 is 0 Å². The van der Waals surface area contributed by atoms with Gasteiger partial charge in [-0.1, -0.05) is 5.92 Å².